The first-order chi connectivity index (χ1) is 19.1. The summed E-state index contributed by atoms with van der Waals surface area (Å²) in [6.07, 6.45) is 3.64. The van der Waals surface area contributed by atoms with Gasteiger partial charge in [0.2, 0.25) is 0 Å². The number of fused-ring (bicyclic) bond motifs is 1. The van der Waals surface area contributed by atoms with E-state index < -0.39 is 0 Å². The van der Waals surface area contributed by atoms with E-state index in [1.54, 1.807) is 12.3 Å². The van der Waals surface area contributed by atoms with Crippen molar-refractivity contribution in [3.05, 3.63) is 113 Å². The number of amides is 2. The maximum atomic E-state index is 14.3. The molecular formula is C32H29N3O3S. The van der Waals surface area contributed by atoms with Crippen LogP contribution in [0.2, 0.25) is 0 Å². The topological polar surface area (TPSA) is 75.4 Å². The number of carbonyl (C=O) groups excluding carboxylic acids is 2. The van der Waals surface area contributed by atoms with Gasteiger partial charge in [0.25, 0.3) is 11.8 Å². The Morgan fingerprint density at radius 1 is 1.00 bits per heavy atom. The van der Waals surface area contributed by atoms with Crippen LogP contribution in [0.3, 0.4) is 0 Å². The molecule has 1 saturated carbocycles. The quantitative estimate of drug-likeness (QED) is 0.227. The number of aryl methyl sites for hydroxylation is 1. The Bertz CT molecular complexity index is 1610. The molecule has 0 aliphatic heterocycles. The second-order valence-corrected chi connectivity index (χ2v) is 11.2. The number of thiazole rings is 1. The molecule has 0 saturated heterocycles. The van der Waals surface area contributed by atoms with Crippen LogP contribution in [0.25, 0.3) is 21.4 Å². The molecule has 1 fully saturated rings. The second kappa shape index (κ2) is 10.9. The second-order valence-electron chi connectivity index (χ2n) is 9.95. The molecule has 5 aromatic rings. The van der Waals surface area contributed by atoms with Crippen molar-refractivity contribution in [3.8, 4) is 10.4 Å². The molecular weight excluding hydrogens is 506 g/mol. The van der Waals surface area contributed by atoms with Gasteiger partial charge in [0.05, 0.1) is 27.8 Å². The third kappa shape index (κ3) is 5.36. The van der Waals surface area contributed by atoms with E-state index in [0.29, 0.717) is 35.8 Å². The van der Waals surface area contributed by atoms with Gasteiger partial charge in [0.1, 0.15) is 11.3 Å². The number of furan rings is 1. The SMILES string of the molecule is Cc1nc(C(=O)N(Cc2ccccc2)[C@@H](CNC(=O)c2cccc3occc23)C2CC2)c(-c2ccccc2)s1. The molecule has 1 aliphatic carbocycles. The predicted molar refractivity (Wildman–Crippen MR) is 154 cm³/mol. The molecule has 1 aliphatic rings. The zero-order valence-electron chi connectivity index (χ0n) is 21.7. The summed E-state index contributed by atoms with van der Waals surface area (Å²) in [6.45, 7) is 2.74. The van der Waals surface area contributed by atoms with Crippen LogP contribution in [0.1, 0.15) is 44.3 Å². The Labute approximate surface area is 231 Å². The van der Waals surface area contributed by atoms with Gasteiger partial charge in [-0.15, -0.1) is 11.3 Å². The minimum Gasteiger partial charge on any atom is -0.464 e. The van der Waals surface area contributed by atoms with Gasteiger partial charge < -0.3 is 14.6 Å². The van der Waals surface area contributed by atoms with Crippen molar-refractivity contribution >= 4 is 34.1 Å². The Morgan fingerprint density at radius 2 is 1.74 bits per heavy atom. The standard InChI is InChI=1S/C32H29N3O3S/c1-21-34-29(30(39-21)24-11-6-3-7-12-24)32(37)35(20-22-9-4-2-5-10-22)27(23-15-16-23)19-33-31(36)26-13-8-14-28-25(26)17-18-38-28/h2-14,17-18,23,27H,15-16,19-20H2,1H3,(H,33,36)/t27-/m0/s1. The highest BCUT2D eigenvalue weighted by molar-refractivity contribution is 7.15. The fourth-order valence-corrected chi connectivity index (χ4v) is 6.03. The summed E-state index contributed by atoms with van der Waals surface area (Å²) in [7, 11) is 0. The van der Waals surface area contributed by atoms with E-state index >= 15 is 0 Å². The normalized spacial score (nSPS) is 13.8. The summed E-state index contributed by atoms with van der Waals surface area (Å²) in [6, 6.07) is 27.1. The van der Waals surface area contributed by atoms with Crippen LogP contribution in [0, 0.1) is 12.8 Å². The van der Waals surface area contributed by atoms with Gasteiger partial charge in [0.15, 0.2) is 0 Å². The number of benzene rings is 3. The maximum absolute atomic E-state index is 14.3. The zero-order valence-corrected chi connectivity index (χ0v) is 22.5. The Balaban J connectivity index is 1.32. The molecule has 0 bridgehead atoms. The summed E-state index contributed by atoms with van der Waals surface area (Å²) >= 11 is 1.54. The number of carbonyl (C=O) groups is 2. The maximum Gasteiger partial charge on any atom is 0.274 e. The van der Waals surface area contributed by atoms with E-state index in [1.165, 1.54) is 11.3 Å². The van der Waals surface area contributed by atoms with Gasteiger partial charge in [-0.25, -0.2) is 4.98 Å². The molecule has 0 spiro atoms. The first-order valence-corrected chi connectivity index (χ1v) is 14.0. The average Bonchev–Trinajstić information content (AvgIpc) is 3.55. The molecule has 196 valence electrons. The van der Waals surface area contributed by atoms with Crippen LogP contribution >= 0.6 is 11.3 Å². The van der Waals surface area contributed by atoms with Gasteiger partial charge in [0, 0.05) is 18.5 Å². The third-order valence-corrected chi connectivity index (χ3v) is 8.23. The van der Waals surface area contributed by atoms with Crippen LogP contribution in [0.5, 0.6) is 0 Å². The fraction of sp³-hybridized carbons (Fsp3) is 0.219. The van der Waals surface area contributed by atoms with Gasteiger partial charge in [-0.2, -0.15) is 0 Å². The van der Waals surface area contributed by atoms with E-state index in [-0.39, 0.29) is 17.9 Å². The number of hydrogen-bond donors (Lipinski definition) is 1. The van der Waals surface area contributed by atoms with E-state index in [0.717, 1.165) is 39.2 Å². The zero-order chi connectivity index (χ0) is 26.8. The van der Waals surface area contributed by atoms with Crippen molar-refractivity contribution in [1.29, 1.82) is 0 Å². The average molecular weight is 536 g/mol. The third-order valence-electron chi connectivity index (χ3n) is 7.21. The van der Waals surface area contributed by atoms with Gasteiger partial charge in [-0.05, 0) is 55.0 Å². The fourth-order valence-electron chi connectivity index (χ4n) is 5.11. The number of rotatable bonds is 9. The number of hydrogen-bond acceptors (Lipinski definition) is 5. The molecule has 0 unspecified atom stereocenters. The van der Waals surface area contributed by atoms with E-state index in [2.05, 4.69) is 5.32 Å². The van der Waals surface area contributed by atoms with Crippen molar-refractivity contribution < 1.29 is 14.0 Å². The molecule has 7 heteroatoms. The lowest BCUT2D eigenvalue weighted by molar-refractivity contribution is 0.0618. The lowest BCUT2D eigenvalue weighted by atomic mass is 10.1. The minimum atomic E-state index is -0.172. The molecule has 2 amide bonds. The number of aromatic nitrogens is 1. The van der Waals surface area contributed by atoms with Crippen LogP contribution < -0.4 is 5.32 Å². The molecule has 2 heterocycles. The molecule has 1 atom stereocenters. The van der Waals surface area contributed by atoms with E-state index in [1.807, 2.05) is 90.7 Å². The first kappa shape index (κ1) is 25.1. The summed E-state index contributed by atoms with van der Waals surface area (Å²) < 4.78 is 5.48. The van der Waals surface area contributed by atoms with Gasteiger partial charge in [-0.3, -0.25) is 9.59 Å². The van der Waals surface area contributed by atoms with Crippen molar-refractivity contribution in [2.24, 2.45) is 5.92 Å². The summed E-state index contributed by atoms with van der Waals surface area (Å²) in [4.78, 5) is 35.1. The summed E-state index contributed by atoms with van der Waals surface area (Å²) in [5, 5.41) is 4.76. The van der Waals surface area contributed by atoms with Crippen LogP contribution in [-0.4, -0.2) is 34.3 Å². The molecule has 3 aromatic carbocycles. The lowest BCUT2D eigenvalue weighted by Crippen LogP contribution is -2.48. The van der Waals surface area contributed by atoms with E-state index in [9.17, 15) is 9.59 Å². The van der Waals surface area contributed by atoms with Crippen LogP contribution in [-0.2, 0) is 6.54 Å². The number of nitrogens with one attached hydrogen (secondary N) is 1. The molecule has 39 heavy (non-hydrogen) atoms. The smallest absolute Gasteiger partial charge is 0.274 e. The van der Waals surface area contributed by atoms with Crippen molar-refractivity contribution in [3.63, 3.8) is 0 Å². The Hall–Kier alpha value is -4.23. The monoisotopic (exact) mass is 535 g/mol. The molecule has 6 rings (SSSR count). The van der Waals surface area contributed by atoms with Gasteiger partial charge >= 0.3 is 0 Å². The Kier molecular flexibility index (Phi) is 6.99. The predicted octanol–water partition coefficient (Wildman–Crippen LogP) is 6.72. The molecule has 1 N–H and O–H groups in total. The summed E-state index contributed by atoms with van der Waals surface area (Å²) in [5.41, 5.74) is 3.74. The molecule has 2 aromatic heterocycles. The highest BCUT2D eigenvalue weighted by atomic mass is 32.1. The largest absolute Gasteiger partial charge is 0.464 e. The molecule has 0 radical (unpaired) electrons. The lowest BCUT2D eigenvalue weighted by Gasteiger charge is -2.32. The molecule has 6 nitrogen and oxygen atoms in total. The van der Waals surface area contributed by atoms with Crippen LogP contribution in [0.4, 0.5) is 0 Å². The van der Waals surface area contributed by atoms with Crippen molar-refractivity contribution in [1.82, 2.24) is 15.2 Å². The summed E-state index contributed by atoms with van der Waals surface area (Å²) in [5.74, 6) is 0.0435. The highest BCUT2D eigenvalue weighted by Gasteiger charge is 2.39. The highest BCUT2D eigenvalue weighted by Crippen LogP contribution is 2.38. The van der Waals surface area contributed by atoms with Crippen LogP contribution in [0.15, 0.2) is 95.6 Å². The van der Waals surface area contributed by atoms with Gasteiger partial charge in [-0.1, -0.05) is 66.7 Å². The minimum absolute atomic E-state index is 0.106. The van der Waals surface area contributed by atoms with E-state index in [4.69, 9.17) is 9.40 Å². The number of nitrogens with zero attached hydrogens (tertiary/aromatic N) is 2. The van der Waals surface area contributed by atoms with Crippen molar-refractivity contribution in [2.45, 2.75) is 32.4 Å². The first-order valence-electron chi connectivity index (χ1n) is 13.2. The Morgan fingerprint density at radius 3 is 2.49 bits per heavy atom. The van der Waals surface area contributed by atoms with Crippen molar-refractivity contribution in [2.75, 3.05) is 6.54 Å².